The number of nitrogens with one attached hydrogen (secondary N) is 2. The molecule has 0 bridgehead atoms. The first-order valence-corrected chi connectivity index (χ1v) is 22.9. The average molecular weight is 962 g/mol. The number of methoxy groups -OCH3 is 4. The van der Waals surface area contributed by atoms with Crippen molar-refractivity contribution in [2.24, 2.45) is 20.5 Å². The van der Waals surface area contributed by atoms with E-state index in [-0.39, 0.29) is 84.7 Å². The van der Waals surface area contributed by atoms with Crippen LogP contribution < -0.4 is 29.6 Å². The number of nitrogens with zero attached hydrogens (tertiary/aromatic N) is 7. The summed E-state index contributed by atoms with van der Waals surface area (Å²) in [6.07, 6.45) is 0. The second-order valence-corrected chi connectivity index (χ2v) is 17.9. The third-order valence-electron chi connectivity index (χ3n) is 9.56. The van der Waals surface area contributed by atoms with Gasteiger partial charge in [0, 0.05) is 40.4 Å². The van der Waals surface area contributed by atoms with E-state index in [0.717, 1.165) is 23.8 Å². The van der Waals surface area contributed by atoms with Gasteiger partial charge in [-0.15, -0.1) is 10.2 Å². The monoisotopic (exact) mass is 961 g/mol. The topological polar surface area (TPSA) is 332 Å². The Kier molecular flexibility index (Phi) is 12.7. The Hall–Kier alpha value is -7.62. The van der Waals surface area contributed by atoms with Gasteiger partial charge in [0.15, 0.2) is 0 Å². The lowest BCUT2D eigenvalue weighted by Gasteiger charge is -2.15. The zero-order valence-corrected chi connectivity index (χ0v) is 37.3. The average Bonchev–Trinajstić information content (AvgIpc) is 3.26. The van der Waals surface area contributed by atoms with Crippen molar-refractivity contribution in [1.82, 2.24) is 15.0 Å². The summed E-state index contributed by atoms with van der Waals surface area (Å²) in [7, 11) is -9.00. The summed E-state index contributed by atoms with van der Waals surface area (Å²) in [6.45, 7) is 1.78. The highest BCUT2D eigenvalue weighted by Gasteiger charge is 2.23. The van der Waals surface area contributed by atoms with E-state index in [4.69, 9.17) is 18.9 Å². The van der Waals surface area contributed by atoms with Crippen LogP contribution in [0.25, 0.3) is 21.5 Å². The first-order chi connectivity index (χ1) is 31.2. The van der Waals surface area contributed by atoms with E-state index in [1.807, 2.05) is 0 Å². The number of benzene rings is 6. The van der Waals surface area contributed by atoms with Crippen molar-refractivity contribution in [2.75, 3.05) is 39.1 Å². The lowest BCUT2D eigenvalue weighted by Crippen LogP contribution is -2.05. The molecule has 23 nitrogen and oxygen atoms in total. The molecule has 0 aliphatic rings. The Bertz CT molecular complexity index is 3500. The molecule has 342 valence electrons. The summed E-state index contributed by atoms with van der Waals surface area (Å²) in [5.41, 5.74) is 1.24. The van der Waals surface area contributed by atoms with Gasteiger partial charge in [0.1, 0.15) is 49.1 Å². The van der Waals surface area contributed by atoms with Crippen LogP contribution in [-0.4, -0.2) is 87.4 Å². The summed E-state index contributed by atoms with van der Waals surface area (Å²) in [4.78, 5) is 10.6. The number of fused-ring (bicyclic) bond motifs is 2. The number of anilines is 4. The SMILES string of the molecule is COc1cc(Nc2nc(O)nc(Nc3cc(OC)c(N=Nc4cc(S(=O)(=O)O)c5cccc(S(=O)(=O)O)c5c4)cc3OC)n2)c(OC)cc1N=Nc1cc(S(=O)(=O)O)c2cccc(C)c2c1. The van der Waals surface area contributed by atoms with Crippen molar-refractivity contribution in [3.05, 3.63) is 90.5 Å². The maximum Gasteiger partial charge on any atom is 0.320 e. The van der Waals surface area contributed by atoms with E-state index in [1.54, 1.807) is 31.2 Å². The van der Waals surface area contributed by atoms with E-state index < -0.39 is 46.2 Å². The smallest absolute Gasteiger partial charge is 0.320 e. The fraction of sp³-hybridized carbons (Fsp3) is 0.125. The summed E-state index contributed by atoms with van der Waals surface area (Å²) >= 11 is 0. The van der Waals surface area contributed by atoms with E-state index in [9.17, 15) is 44.0 Å². The lowest BCUT2D eigenvalue weighted by atomic mass is 10.1. The molecule has 0 saturated carbocycles. The van der Waals surface area contributed by atoms with Gasteiger partial charge in [0.05, 0.1) is 51.2 Å². The van der Waals surface area contributed by atoms with Crippen molar-refractivity contribution >= 4 is 97.9 Å². The van der Waals surface area contributed by atoms with E-state index in [2.05, 4.69) is 46.0 Å². The molecule has 0 spiro atoms. The number of aryl methyl sites for hydroxylation is 1. The molecule has 6 N–H and O–H groups in total. The van der Waals surface area contributed by atoms with Crippen LogP contribution in [0.1, 0.15) is 5.56 Å². The van der Waals surface area contributed by atoms with E-state index in [1.165, 1.54) is 70.9 Å². The molecule has 6 aromatic carbocycles. The Labute approximate surface area is 375 Å². The van der Waals surface area contributed by atoms with Gasteiger partial charge in [-0.3, -0.25) is 13.7 Å². The minimum absolute atomic E-state index is 0.0246. The van der Waals surface area contributed by atoms with Crippen molar-refractivity contribution < 1.29 is 63.0 Å². The molecule has 7 rings (SSSR count). The van der Waals surface area contributed by atoms with Crippen LogP contribution >= 0.6 is 0 Å². The number of aromatic nitrogens is 3. The molecule has 0 radical (unpaired) electrons. The third kappa shape index (κ3) is 9.87. The number of aromatic hydroxyl groups is 1. The Morgan fingerprint density at radius 3 is 1.35 bits per heavy atom. The highest BCUT2D eigenvalue weighted by Crippen LogP contribution is 2.43. The normalized spacial score (nSPS) is 12.2. The van der Waals surface area contributed by atoms with Crippen LogP contribution in [0.2, 0.25) is 0 Å². The molecule has 0 aliphatic heterocycles. The maximum absolute atomic E-state index is 12.3. The van der Waals surface area contributed by atoms with Crippen molar-refractivity contribution in [3.63, 3.8) is 0 Å². The highest BCUT2D eigenvalue weighted by atomic mass is 32.2. The molecule has 0 unspecified atom stereocenters. The number of rotatable bonds is 15. The zero-order valence-electron chi connectivity index (χ0n) is 34.8. The second kappa shape index (κ2) is 18.1. The number of hydrogen-bond donors (Lipinski definition) is 6. The van der Waals surface area contributed by atoms with E-state index in [0.29, 0.717) is 10.8 Å². The second-order valence-electron chi connectivity index (χ2n) is 13.7. The Balaban J connectivity index is 1.18. The molecule has 0 aliphatic carbocycles. The first-order valence-electron chi connectivity index (χ1n) is 18.6. The molecule has 7 aromatic rings. The fourth-order valence-electron chi connectivity index (χ4n) is 6.62. The quantitative estimate of drug-likeness (QED) is 0.0415. The van der Waals surface area contributed by atoms with Crippen LogP contribution in [0.3, 0.4) is 0 Å². The van der Waals surface area contributed by atoms with Gasteiger partial charge in [-0.05, 0) is 48.2 Å². The highest BCUT2D eigenvalue weighted by molar-refractivity contribution is 7.86. The zero-order chi connectivity index (χ0) is 47.7. The minimum atomic E-state index is -4.92. The molecule has 1 heterocycles. The van der Waals surface area contributed by atoms with Crippen LogP contribution in [0.15, 0.2) is 120 Å². The molecular weight excluding hydrogens is 927 g/mol. The minimum Gasteiger partial charge on any atom is -0.494 e. The van der Waals surface area contributed by atoms with Crippen molar-refractivity contribution in [2.45, 2.75) is 21.6 Å². The number of hydrogen-bond acceptors (Lipinski definition) is 20. The summed E-state index contributed by atoms with van der Waals surface area (Å²) < 4.78 is 125. The van der Waals surface area contributed by atoms with Crippen LogP contribution in [0.4, 0.5) is 46.0 Å². The maximum atomic E-state index is 12.3. The molecule has 0 saturated heterocycles. The predicted octanol–water partition coefficient (Wildman–Crippen LogP) is 8.28. The van der Waals surface area contributed by atoms with Gasteiger partial charge < -0.3 is 34.7 Å². The van der Waals surface area contributed by atoms with Crippen LogP contribution in [0, 0.1) is 6.92 Å². The number of azo groups is 2. The van der Waals surface area contributed by atoms with Crippen molar-refractivity contribution in [3.8, 4) is 29.0 Å². The largest absolute Gasteiger partial charge is 0.494 e. The molecule has 26 heteroatoms. The molecular formula is C40H35N9O14S3. The third-order valence-corrected chi connectivity index (χ3v) is 12.3. The summed E-state index contributed by atoms with van der Waals surface area (Å²) in [5, 5.41) is 33.4. The standard InChI is InChI=1S/C40H35N9O14S3/c1-20-8-6-9-23-25(20)12-21(14-36(23)65(54,55)56)46-48-29-18-31(60-2)27(16-33(29)62-4)41-38-43-39(45-40(50)44-38)42-28-17-34(63-5)30(19-32(28)61-3)49-47-22-13-26-24(37(15-22)66(57,58)59)10-7-11-35(26)64(51,52)53/h6-19H,1-5H3,(H,51,52,53)(H,54,55,56)(H,57,58,59)(H3,41,42,43,44,45,50). The van der Waals surface area contributed by atoms with Gasteiger partial charge in [-0.2, -0.15) is 50.4 Å². The fourth-order valence-corrected chi connectivity index (χ4v) is 8.77. The first kappa shape index (κ1) is 46.4. The number of ether oxygens (including phenoxy) is 4. The predicted molar refractivity (Wildman–Crippen MR) is 238 cm³/mol. The molecule has 0 atom stereocenters. The lowest BCUT2D eigenvalue weighted by molar-refractivity contribution is 0.405. The van der Waals surface area contributed by atoms with Gasteiger partial charge in [0.2, 0.25) is 11.9 Å². The molecule has 0 fully saturated rings. The molecule has 66 heavy (non-hydrogen) atoms. The van der Waals surface area contributed by atoms with Gasteiger partial charge in [0.25, 0.3) is 30.4 Å². The van der Waals surface area contributed by atoms with Crippen molar-refractivity contribution in [1.29, 1.82) is 0 Å². The van der Waals surface area contributed by atoms with Gasteiger partial charge >= 0.3 is 6.01 Å². The molecule has 1 aromatic heterocycles. The molecule has 0 amide bonds. The van der Waals surface area contributed by atoms with Gasteiger partial charge in [-0.25, -0.2) is 0 Å². The van der Waals surface area contributed by atoms with Gasteiger partial charge in [-0.1, -0.05) is 30.3 Å². The Morgan fingerprint density at radius 2 is 0.909 bits per heavy atom. The summed E-state index contributed by atoms with van der Waals surface area (Å²) in [6, 6.07) is 18.4. The van der Waals surface area contributed by atoms with Crippen LogP contribution in [-0.2, 0) is 30.4 Å². The Morgan fingerprint density at radius 1 is 0.485 bits per heavy atom. The van der Waals surface area contributed by atoms with Crippen LogP contribution in [0.5, 0.6) is 29.0 Å². The summed E-state index contributed by atoms with van der Waals surface area (Å²) in [5.74, 6) is 0.139. The van der Waals surface area contributed by atoms with E-state index >= 15 is 0 Å².